The number of hydrogen-bond donors (Lipinski definition) is 3. The number of phosphoric acid groups is 2. The van der Waals surface area contributed by atoms with E-state index in [1.807, 2.05) is 0 Å². The van der Waals surface area contributed by atoms with Gasteiger partial charge in [-0.05, 0) is 63.2 Å². The summed E-state index contributed by atoms with van der Waals surface area (Å²) in [7, 11) is -9.93. The van der Waals surface area contributed by atoms with Crippen LogP contribution in [0.15, 0.2) is 24.3 Å². The smallest absolute Gasteiger partial charge is 0.462 e. The van der Waals surface area contributed by atoms with Crippen molar-refractivity contribution in [3.63, 3.8) is 0 Å². The Kier molecular flexibility index (Phi) is 67.5. The van der Waals surface area contributed by atoms with Crippen LogP contribution in [0.2, 0.25) is 0 Å². The fourth-order valence-corrected chi connectivity index (χ4v) is 13.0. The predicted molar refractivity (Wildman–Crippen MR) is 395 cm³/mol. The molecule has 0 rings (SSSR count). The van der Waals surface area contributed by atoms with Gasteiger partial charge in [-0.3, -0.25) is 37.3 Å². The molecular weight excluding hydrogens is 1270 g/mol. The molecular formula is C78H148O17P2. The molecule has 0 amide bonds. The Bertz CT molecular complexity index is 1970. The van der Waals surface area contributed by atoms with Crippen molar-refractivity contribution in [3.05, 3.63) is 24.3 Å². The summed E-state index contributed by atoms with van der Waals surface area (Å²) in [6.45, 7) is 9.53. The number of rotatable bonds is 75. The highest BCUT2D eigenvalue weighted by atomic mass is 31.2. The number of carbonyl (C=O) groups excluding carboxylic acids is 4. The minimum absolute atomic E-state index is 0.100. The zero-order valence-corrected chi connectivity index (χ0v) is 64.7. The summed E-state index contributed by atoms with van der Waals surface area (Å²) in [6, 6.07) is 0. The van der Waals surface area contributed by atoms with Crippen molar-refractivity contribution in [3.8, 4) is 0 Å². The zero-order valence-electron chi connectivity index (χ0n) is 62.9. The van der Waals surface area contributed by atoms with Gasteiger partial charge in [-0.2, -0.15) is 0 Å². The van der Waals surface area contributed by atoms with Gasteiger partial charge in [0.25, 0.3) is 0 Å². The van der Waals surface area contributed by atoms with E-state index in [9.17, 15) is 43.2 Å². The van der Waals surface area contributed by atoms with Crippen LogP contribution in [0.5, 0.6) is 0 Å². The Morgan fingerprint density at radius 1 is 0.320 bits per heavy atom. The van der Waals surface area contributed by atoms with Crippen molar-refractivity contribution in [1.82, 2.24) is 0 Å². The molecule has 572 valence electrons. The molecule has 97 heavy (non-hydrogen) atoms. The Hall–Kier alpha value is -2.46. The van der Waals surface area contributed by atoms with E-state index in [1.165, 1.54) is 180 Å². The molecule has 0 saturated carbocycles. The first-order chi connectivity index (χ1) is 46.9. The molecule has 3 N–H and O–H groups in total. The molecule has 0 heterocycles. The zero-order chi connectivity index (χ0) is 71.4. The highest BCUT2D eigenvalue weighted by molar-refractivity contribution is 7.47. The number of carbonyl (C=O) groups is 4. The fraction of sp³-hybridized carbons (Fsp3) is 0.897. The number of esters is 4. The Labute approximate surface area is 592 Å². The van der Waals surface area contributed by atoms with Crippen LogP contribution in [-0.2, 0) is 65.4 Å². The lowest BCUT2D eigenvalue weighted by atomic mass is 10.0. The number of aliphatic hydroxyl groups excluding tert-OH is 1. The number of allylic oxidation sites excluding steroid dienone is 4. The van der Waals surface area contributed by atoms with Crippen LogP contribution >= 0.6 is 15.6 Å². The minimum atomic E-state index is -4.97. The molecule has 0 bridgehead atoms. The van der Waals surface area contributed by atoms with Gasteiger partial charge < -0.3 is 33.8 Å². The molecule has 0 aliphatic heterocycles. The SMILES string of the molecule is CCCCCC/C=C\C=C/CCCCCCCC(=O)OC[C@H](COP(=O)(O)OC[C@@H](O)COP(=O)(O)OC[C@@H](COC(=O)CCCCCCCCCCC(C)C)OC(=O)CCCCCCCCCCCCCCCCC)OC(=O)CCCCCCCCCCCCCCCC(C)C. The Morgan fingerprint density at radius 3 is 0.845 bits per heavy atom. The summed E-state index contributed by atoms with van der Waals surface area (Å²) < 4.78 is 68.6. The summed E-state index contributed by atoms with van der Waals surface area (Å²) in [6.07, 6.45) is 60.4. The fourth-order valence-electron chi connectivity index (χ4n) is 11.5. The van der Waals surface area contributed by atoms with E-state index >= 15 is 0 Å². The molecule has 0 fully saturated rings. The summed E-state index contributed by atoms with van der Waals surface area (Å²) in [5, 5.41) is 10.6. The van der Waals surface area contributed by atoms with Gasteiger partial charge in [0, 0.05) is 25.7 Å². The topological polar surface area (TPSA) is 237 Å². The third-order valence-electron chi connectivity index (χ3n) is 17.6. The molecule has 0 aliphatic carbocycles. The van der Waals surface area contributed by atoms with Crippen LogP contribution in [0, 0.1) is 11.8 Å². The standard InChI is InChI=1S/C78H148O17P2/c1-7-9-11-13-15-17-19-21-23-27-31-35-42-48-54-60-75(80)88-66-73(94-78(83)63-57-51-45-37-33-29-25-26-30-34-40-46-52-58-70(3)4)68-92-96(84,85)90-64-72(79)65-91-97(86,87)93-69-74(67-89-76(81)61-55-49-43-39-38-41-47-53-59-71(5)6)95-77(82)62-56-50-44-36-32-28-24-22-20-18-16-14-12-10-8-2/h17,19,21,23,70-74,79H,7-16,18,20,22,24-69H2,1-6H3,(H,84,85)(H,86,87)/b19-17-,23-21-/t72-,73-,74-/m1/s1. The van der Waals surface area contributed by atoms with E-state index in [-0.39, 0.29) is 25.7 Å². The van der Waals surface area contributed by atoms with Crippen molar-refractivity contribution in [2.45, 2.75) is 400 Å². The summed E-state index contributed by atoms with van der Waals surface area (Å²) >= 11 is 0. The van der Waals surface area contributed by atoms with Crippen molar-refractivity contribution in [2.24, 2.45) is 11.8 Å². The van der Waals surface area contributed by atoms with Gasteiger partial charge in [0.05, 0.1) is 26.4 Å². The molecule has 17 nitrogen and oxygen atoms in total. The maximum absolute atomic E-state index is 13.1. The quantitative estimate of drug-likeness (QED) is 0.0169. The average molecular weight is 1420 g/mol. The molecule has 0 saturated heterocycles. The third kappa shape index (κ3) is 71.7. The van der Waals surface area contributed by atoms with Gasteiger partial charge in [-0.25, -0.2) is 9.13 Å². The van der Waals surface area contributed by atoms with Crippen molar-refractivity contribution in [2.75, 3.05) is 39.6 Å². The van der Waals surface area contributed by atoms with Gasteiger partial charge in [0.2, 0.25) is 0 Å². The second kappa shape index (κ2) is 69.3. The molecule has 0 radical (unpaired) electrons. The van der Waals surface area contributed by atoms with E-state index < -0.39 is 97.5 Å². The first kappa shape index (κ1) is 94.5. The molecule has 5 atom stereocenters. The highest BCUT2D eigenvalue weighted by Crippen LogP contribution is 2.45. The van der Waals surface area contributed by atoms with Gasteiger partial charge in [0.1, 0.15) is 19.3 Å². The van der Waals surface area contributed by atoms with Crippen LogP contribution in [0.3, 0.4) is 0 Å². The van der Waals surface area contributed by atoms with Gasteiger partial charge >= 0.3 is 39.5 Å². The number of ether oxygens (including phenoxy) is 4. The summed E-state index contributed by atoms with van der Waals surface area (Å²) in [5.41, 5.74) is 0. The van der Waals surface area contributed by atoms with Crippen LogP contribution in [0.4, 0.5) is 0 Å². The number of phosphoric ester groups is 2. The first-order valence-electron chi connectivity index (χ1n) is 39.8. The lowest BCUT2D eigenvalue weighted by molar-refractivity contribution is -0.161. The van der Waals surface area contributed by atoms with Crippen molar-refractivity contribution >= 4 is 39.5 Å². The maximum Gasteiger partial charge on any atom is 0.472 e. The van der Waals surface area contributed by atoms with E-state index in [4.69, 9.17) is 37.0 Å². The lowest BCUT2D eigenvalue weighted by Crippen LogP contribution is -2.30. The molecule has 0 aromatic carbocycles. The summed E-state index contributed by atoms with van der Waals surface area (Å²) in [4.78, 5) is 72.9. The molecule has 0 aliphatic rings. The van der Waals surface area contributed by atoms with Crippen molar-refractivity contribution in [1.29, 1.82) is 0 Å². The minimum Gasteiger partial charge on any atom is -0.462 e. The molecule has 0 aromatic rings. The lowest BCUT2D eigenvalue weighted by Gasteiger charge is -2.21. The number of unbranched alkanes of at least 4 members (excludes halogenated alkanes) is 42. The second-order valence-corrected chi connectivity index (χ2v) is 31.3. The van der Waals surface area contributed by atoms with E-state index in [2.05, 4.69) is 65.8 Å². The molecule has 0 aromatic heterocycles. The second-order valence-electron chi connectivity index (χ2n) is 28.4. The molecule has 2 unspecified atom stereocenters. The molecule has 0 spiro atoms. The van der Waals surface area contributed by atoms with Crippen LogP contribution in [0.1, 0.15) is 382 Å². The van der Waals surface area contributed by atoms with Crippen molar-refractivity contribution < 1.29 is 80.2 Å². The predicted octanol–water partition coefficient (Wildman–Crippen LogP) is 22.7. The van der Waals surface area contributed by atoms with Crippen LogP contribution in [-0.4, -0.2) is 96.7 Å². The van der Waals surface area contributed by atoms with Crippen LogP contribution in [0.25, 0.3) is 0 Å². The molecule has 19 heteroatoms. The van der Waals surface area contributed by atoms with E-state index in [1.54, 1.807) is 0 Å². The monoisotopic (exact) mass is 1420 g/mol. The Morgan fingerprint density at radius 2 is 0.557 bits per heavy atom. The first-order valence-corrected chi connectivity index (χ1v) is 42.8. The average Bonchev–Trinajstić information content (AvgIpc) is 1.59. The van der Waals surface area contributed by atoms with Gasteiger partial charge in [-0.15, -0.1) is 0 Å². The number of hydrogen-bond acceptors (Lipinski definition) is 15. The maximum atomic E-state index is 13.1. The van der Waals surface area contributed by atoms with Gasteiger partial charge in [-0.1, -0.05) is 329 Å². The van der Waals surface area contributed by atoms with E-state index in [0.717, 1.165) is 121 Å². The van der Waals surface area contributed by atoms with Gasteiger partial charge in [0.15, 0.2) is 12.2 Å². The normalized spacial score (nSPS) is 14.1. The largest absolute Gasteiger partial charge is 0.472 e. The third-order valence-corrected chi connectivity index (χ3v) is 19.5. The highest BCUT2D eigenvalue weighted by Gasteiger charge is 2.30. The summed E-state index contributed by atoms with van der Waals surface area (Å²) in [5.74, 6) is -0.633. The van der Waals surface area contributed by atoms with E-state index in [0.29, 0.717) is 25.7 Å². The van der Waals surface area contributed by atoms with Crippen LogP contribution < -0.4 is 0 Å². The Balaban J connectivity index is 5.30. The number of aliphatic hydroxyl groups is 1.